The highest BCUT2D eigenvalue weighted by Gasteiger charge is 2.22. The number of hydrogen-bond acceptors (Lipinski definition) is 4. The van der Waals surface area contributed by atoms with Gasteiger partial charge in [-0.15, -0.1) is 0 Å². The molecule has 3 aromatic rings. The predicted octanol–water partition coefficient (Wildman–Crippen LogP) is 5.54. The number of urea groups is 1. The topological polar surface area (TPSA) is 66.0 Å². The van der Waals surface area contributed by atoms with Gasteiger partial charge >= 0.3 is 6.03 Å². The van der Waals surface area contributed by atoms with Crippen molar-refractivity contribution in [1.82, 2.24) is 10.3 Å². The average Bonchev–Trinajstić information content (AvgIpc) is 3.60. The molecule has 2 aromatic carbocycles. The summed E-state index contributed by atoms with van der Waals surface area (Å²) in [5, 5.41) is 5.67. The second-order valence-electron chi connectivity index (χ2n) is 7.15. The van der Waals surface area contributed by atoms with E-state index in [0.717, 1.165) is 28.6 Å². The largest absolute Gasteiger partial charge is 0.334 e. The lowest BCUT2D eigenvalue weighted by atomic mass is 10.1. The molecule has 4 rings (SSSR count). The number of anilines is 2. The van der Waals surface area contributed by atoms with E-state index >= 15 is 0 Å². The molecule has 0 aliphatic heterocycles. The van der Waals surface area contributed by atoms with Crippen LogP contribution in [0.5, 0.6) is 0 Å². The number of nitrogens with one attached hydrogen (secondary N) is 3. The van der Waals surface area contributed by atoms with E-state index in [9.17, 15) is 4.79 Å². The number of hydrogen-bond donors (Lipinski definition) is 3. The van der Waals surface area contributed by atoms with E-state index < -0.39 is 0 Å². The second kappa shape index (κ2) is 9.47. The van der Waals surface area contributed by atoms with Crippen molar-refractivity contribution in [3.63, 3.8) is 0 Å². The minimum absolute atomic E-state index is 0.230. The molecule has 0 bridgehead atoms. The van der Waals surface area contributed by atoms with E-state index in [1.807, 2.05) is 36.4 Å². The molecule has 0 saturated heterocycles. The van der Waals surface area contributed by atoms with Gasteiger partial charge in [-0.05, 0) is 83.8 Å². The van der Waals surface area contributed by atoms with Gasteiger partial charge in [-0.1, -0.05) is 24.3 Å². The summed E-state index contributed by atoms with van der Waals surface area (Å²) in [4.78, 5) is 16.0. The third kappa shape index (κ3) is 5.99. The molecule has 1 aliphatic carbocycles. The number of nitrogens with zero attached hydrogens (tertiary/aromatic N) is 1. The standard InChI is InChI=1S/C23H24N4OS/c28-23(25-15-17-11-13-24-14-12-17)26-21-7-9-22(10-8-21)27-29-16-18-1-3-19(4-2-18)20-5-6-20/h1-4,7-14,20,27H,5-6,15-16H2,(H2,25,26,28). The van der Waals surface area contributed by atoms with Gasteiger partial charge in [-0.2, -0.15) is 0 Å². The lowest BCUT2D eigenvalue weighted by molar-refractivity contribution is 0.251. The number of rotatable bonds is 8. The molecule has 1 heterocycles. The Labute approximate surface area is 175 Å². The van der Waals surface area contributed by atoms with Gasteiger partial charge < -0.3 is 15.4 Å². The highest BCUT2D eigenvalue weighted by atomic mass is 32.2. The predicted molar refractivity (Wildman–Crippen MR) is 120 cm³/mol. The molecule has 0 unspecified atom stereocenters. The van der Waals surface area contributed by atoms with Crippen LogP contribution in [0.25, 0.3) is 0 Å². The monoisotopic (exact) mass is 404 g/mol. The Bertz CT molecular complexity index is 925. The Morgan fingerprint density at radius 1 is 0.897 bits per heavy atom. The Morgan fingerprint density at radius 3 is 2.28 bits per heavy atom. The van der Waals surface area contributed by atoms with Crippen LogP contribution in [-0.2, 0) is 12.3 Å². The molecule has 3 N–H and O–H groups in total. The Kier molecular flexibility index (Phi) is 6.32. The van der Waals surface area contributed by atoms with E-state index in [1.54, 1.807) is 24.3 Å². The summed E-state index contributed by atoms with van der Waals surface area (Å²) < 4.78 is 3.35. The highest BCUT2D eigenvalue weighted by molar-refractivity contribution is 7.99. The van der Waals surface area contributed by atoms with Gasteiger partial charge in [-0.3, -0.25) is 4.98 Å². The maximum absolute atomic E-state index is 12.0. The molecule has 148 valence electrons. The maximum Gasteiger partial charge on any atom is 0.319 e. The van der Waals surface area contributed by atoms with Gasteiger partial charge in [0.15, 0.2) is 0 Å². The van der Waals surface area contributed by atoms with Gasteiger partial charge in [0.2, 0.25) is 0 Å². The fourth-order valence-corrected chi connectivity index (χ4v) is 3.72. The van der Waals surface area contributed by atoms with Gasteiger partial charge in [0.05, 0.1) is 0 Å². The molecule has 0 radical (unpaired) electrons. The highest BCUT2D eigenvalue weighted by Crippen LogP contribution is 2.40. The smallest absolute Gasteiger partial charge is 0.319 e. The van der Waals surface area contributed by atoms with Crippen LogP contribution in [0.15, 0.2) is 73.1 Å². The van der Waals surface area contributed by atoms with Crippen molar-refractivity contribution >= 4 is 29.4 Å². The van der Waals surface area contributed by atoms with Crippen LogP contribution in [0.1, 0.15) is 35.4 Å². The van der Waals surface area contributed by atoms with Crippen LogP contribution in [0, 0.1) is 0 Å². The molecule has 1 fully saturated rings. The van der Waals surface area contributed by atoms with Crippen LogP contribution in [0.2, 0.25) is 0 Å². The average molecular weight is 405 g/mol. The molecular weight excluding hydrogens is 380 g/mol. The first kappa shape index (κ1) is 19.3. The molecule has 29 heavy (non-hydrogen) atoms. The zero-order valence-corrected chi connectivity index (χ0v) is 16.9. The SMILES string of the molecule is O=C(NCc1ccncc1)Nc1ccc(NSCc2ccc(C3CC3)cc2)cc1. The number of benzene rings is 2. The molecule has 1 saturated carbocycles. The summed E-state index contributed by atoms with van der Waals surface area (Å²) >= 11 is 1.66. The minimum Gasteiger partial charge on any atom is -0.334 e. The lowest BCUT2D eigenvalue weighted by Crippen LogP contribution is -2.28. The molecule has 5 nitrogen and oxygen atoms in total. The maximum atomic E-state index is 12.0. The Hall–Kier alpha value is -2.99. The van der Waals surface area contributed by atoms with Crippen LogP contribution in [0.3, 0.4) is 0 Å². The first-order chi connectivity index (χ1) is 14.3. The van der Waals surface area contributed by atoms with Crippen molar-refractivity contribution in [2.75, 3.05) is 10.0 Å². The Balaban J connectivity index is 1.19. The van der Waals surface area contributed by atoms with E-state index in [4.69, 9.17) is 0 Å². The zero-order valence-electron chi connectivity index (χ0n) is 16.1. The first-order valence-corrected chi connectivity index (χ1v) is 10.8. The van der Waals surface area contributed by atoms with Crippen LogP contribution in [0.4, 0.5) is 16.2 Å². The molecule has 6 heteroatoms. The molecule has 0 atom stereocenters. The molecule has 1 aromatic heterocycles. The molecule has 2 amide bonds. The van der Waals surface area contributed by atoms with Crippen LogP contribution >= 0.6 is 11.9 Å². The van der Waals surface area contributed by atoms with E-state index in [0.29, 0.717) is 6.54 Å². The summed E-state index contributed by atoms with van der Waals surface area (Å²) in [7, 11) is 0. The zero-order chi connectivity index (χ0) is 19.9. The van der Waals surface area contributed by atoms with Crippen molar-refractivity contribution < 1.29 is 4.79 Å². The van der Waals surface area contributed by atoms with Crippen molar-refractivity contribution in [2.45, 2.75) is 31.1 Å². The molecule has 0 spiro atoms. The summed E-state index contributed by atoms with van der Waals surface area (Å²) in [6, 6.07) is 20.2. The van der Waals surface area contributed by atoms with Crippen molar-refractivity contribution in [3.05, 3.63) is 89.7 Å². The summed E-state index contributed by atoms with van der Waals surface area (Å²) in [6.45, 7) is 0.465. The summed E-state index contributed by atoms with van der Waals surface area (Å²) in [6.07, 6.45) is 6.10. The number of carbonyl (C=O) groups excluding carboxylic acids is 1. The van der Waals surface area contributed by atoms with Crippen LogP contribution < -0.4 is 15.4 Å². The molecule has 1 aliphatic rings. The van der Waals surface area contributed by atoms with Gasteiger partial charge in [-0.25, -0.2) is 4.79 Å². The first-order valence-electron chi connectivity index (χ1n) is 9.77. The second-order valence-corrected chi connectivity index (χ2v) is 7.93. The number of amides is 2. The summed E-state index contributed by atoms with van der Waals surface area (Å²) in [5.74, 6) is 1.71. The third-order valence-corrected chi connectivity index (χ3v) is 5.66. The van der Waals surface area contributed by atoms with Crippen molar-refractivity contribution in [1.29, 1.82) is 0 Å². The minimum atomic E-state index is -0.230. The van der Waals surface area contributed by atoms with E-state index in [2.05, 4.69) is 44.6 Å². The fraction of sp³-hybridized carbons (Fsp3) is 0.217. The normalized spacial score (nSPS) is 13.0. The summed E-state index contributed by atoms with van der Waals surface area (Å²) in [5.41, 5.74) is 5.56. The Morgan fingerprint density at radius 2 is 1.59 bits per heavy atom. The number of aromatic nitrogens is 1. The van der Waals surface area contributed by atoms with E-state index in [1.165, 1.54) is 24.0 Å². The van der Waals surface area contributed by atoms with E-state index in [-0.39, 0.29) is 6.03 Å². The quantitative estimate of drug-likeness (QED) is 0.431. The molecular formula is C23H24N4OS. The lowest BCUT2D eigenvalue weighted by Gasteiger charge is -2.09. The number of pyridine rings is 1. The number of carbonyl (C=O) groups is 1. The van der Waals surface area contributed by atoms with Crippen molar-refractivity contribution in [2.24, 2.45) is 0 Å². The van der Waals surface area contributed by atoms with Gasteiger partial charge in [0, 0.05) is 36.1 Å². The van der Waals surface area contributed by atoms with Gasteiger partial charge in [0.1, 0.15) is 0 Å². The third-order valence-electron chi connectivity index (χ3n) is 4.80. The van der Waals surface area contributed by atoms with Crippen LogP contribution in [-0.4, -0.2) is 11.0 Å². The fourth-order valence-electron chi connectivity index (χ4n) is 2.99. The van der Waals surface area contributed by atoms with Gasteiger partial charge in [0.25, 0.3) is 0 Å². The van der Waals surface area contributed by atoms with Crippen molar-refractivity contribution in [3.8, 4) is 0 Å².